The summed E-state index contributed by atoms with van der Waals surface area (Å²) in [6.45, 7) is 1.62. The fourth-order valence-electron chi connectivity index (χ4n) is 2.00. The van der Waals surface area contributed by atoms with Gasteiger partial charge in [0.1, 0.15) is 0 Å². The Balaban J connectivity index is 0.00000242. The molecule has 4 nitrogen and oxygen atoms in total. The third-order valence-corrected chi connectivity index (χ3v) is 3.96. The van der Waals surface area contributed by atoms with Crippen LogP contribution in [-0.4, -0.2) is 31.0 Å². The van der Waals surface area contributed by atoms with Crippen LogP contribution in [0.5, 0.6) is 0 Å². The highest BCUT2D eigenvalue weighted by Crippen LogP contribution is 2.15. The van der Waals surface area contributed by atoms with Crippen LogP contribution in [0.1, 0.15) is 22.7 Å². The summed E-state index contributed by atoms with van der Waals surface area (Å²) in [5.41, 5.74) is 2.10. The first-order chi connectivity index (χ1) is 10.3. The van der Waals surface area contributed by atoms with Crippen molar-refractivity contribution in [3.8, 4) is 0 Å². The van der Waals surface area contributed by atoms with Crippen LogP contribution in [0.25, 0.3) is 0 Å². The summed E-state index contributed by atoms with van der Waals surface area (Å²) >= 11 is 1.62. The van der Waals surface area contributed by atoms with E-state index < -0.39 is 0 Å². The predicted octanol–water partition coefficient (Wildman–Crippen LogP) is 2.85. The SMILES string of the molecule is CNCCCNC(=O)Cc1csc(Cc2ccccc2)n1.Cl.Cl. The molecule has 0 aliphatic rings. The number of hydrogen-bond donors (Lipinski definition) is 2. The molecule has 1 amide bonds. The lowest BCUT2D eigenvalue weighted by molar-refractivity contribution is -0.120. The van der Waals surface area contributed by atoms with E-state index in [1.165, 1.54) is 5.56 Å². The molecule has 0 bridgehead atoms. The Labute approximate surface area is 153 Å². The largest absolute Gasteiger partial charge is 0.356 e. The van der Waals surface area contributed by atoms with Gasteiger partial charge in [-0.05, 0) is 25.6 Å². The maximum absolute atomic E-state index is 11.8. The van der Waals surface area contributed by atoms with Gasteiger partial charge in [0.15, 0.2) is 0 Å². The average Bonchev–Trinajstić information content (AvgIpc) is 2.92. The number of rotatable bonds is 8. The highest BCUT2D eigenvalue weighted by atomic mass is 35.5. The summed E-state index contributed by atoms with van der Waals surface area (Å²) in [5, 5.41) is 9.00. The molecule has 0 radical (unpaired) electrons. The molecule has 2 rings (SSSR count). The summed E-state index contributed by atoms with van der Waals surface area (Å²) in [6.07, 6.45) is 2.14. The van der Waals surface area contributed by atoms with Crippen LogP contribution in [-0.2, 0) is 17.6 Å². The second-order valence-electron chi connectivity index (χ2n) is 4.88. The van der Waals surface area contributed by atoms with Crippen LogP contribution in [0.15, 0.2) is 35.7 Å². The molecule has 0 aliphatic heterocycles. The van der Waals surface area contributed by atoms with E-state index in [0.717, 1.165) is 30.1 Å². The first-order valence-electron chi connectivity index (χ1n) is 7.16. The fourth-order valence-corrected chi connectivity index (χ4v) is 2.83. The van der Waals surface area contributed by atoms with Crippen molar-refractivity contribution in [3.63, 3.8) is 0 Å². The van der Waals surface area contributed by atoms with E-state index in [-0.39, 0.29) is 30.7 Å². The maximum atomic E-state index is 11.8. The van der Waals surface area contributed by atoms with Gasteiger partial charge in [-0.2, -0.15) is 0 Å². The van der Waals surface area contributed by atoms with E-state index >= 15 is 0 Å². The third-order valence-electron chi connectivity index (χ3n) is 3.06. The van der Waals surface area contributed by atoms with Crippen LogP contribution in [0.2, 0.25) is 0 Å². The van der Waals surface area contributed by atoms with Crippen LogP contribution < -0.4 is 10.6 Å². The number of benzene rings is 1. The van der Waals surface area contributed by atoms with Gasteiger partial charge in [0.05, 0.1) is 17.1 Å². The Kier molecular flexibility index (Phi) is 11.7. The van der Waals surface area contributed by atoms with Crippen LogP contribution in [0.3, 0.4) is 0 Å². The monoisotopic (exact) mass is 375 g/mol. The van der Waals surface area contributed by atoms with Crippen molar-refractivity contribution in [1.82, 2.24) is 15.6 Å². The van der Waals surface area contributed by atoms with Crippen molar-refractivity contribution in [1.29, 1.82) is 0 Å². The van der Waals surface area contributed by atoms with Gasteiger partial charge >= 0.3 is 0 Å². The zero-order chi connectivity index (χ0) is 14.9. The minimum atomic E-state index is 0. The molecule has 1 aromatic carbocycles. The van der Waals surface area contributed by atoms with Gasteiger partial charge in [-0.3, -0.25) is 4.79 Å². The maximum Gasteiger partial charge on any atom is 0.226 e. The number of thiazole rings is 1. The minimum Gasteiger partial charge on any atom is -0.356 e. The predicted molar refractivity (Wildman–Crippen MR) is 101 cm³/mol. The molecular weight excluding hydrogens is 353 g/mol. The molecule has 1 aromatic heterocycles. The lowest BCUT2D eigenvalue weighted by atomic mass is 10.2. The summed E-state index contributed by atoms with van der Waals surface area (Å²) in [7, 11) is 1.91. The Morgan fingerprint density at radius 1 is 1.17 bits per heavy atom. The highest BCUT2D eigenvalue weighted by Gasteiger charge is 2.07. The molecule has 2 aromatic rings. The summed E-state index contributed by atoms with van der Waals surface area (Å²) in [6, 6.07) is 10.3. The van der Waals surface area contributed by atoms with Crippen LogP contribution in [0.4, 0.5) is 0 Å². The zero-order valence-electron chi connectivity index (χ0n) is 13.1. The zero-order valence-corrected chi connectivity index (χ0v) is 15.5. The van der Waals surface area contributed by atoms with Crippen LogP contribution in [0, 0.1) is 0 Å². The van der Waals surface area contributed by atoms with Gasteiger partial charge < -0.3 is 10.6 Å². The van der Waals surface area contributed by atoms with E-state index in [4.69, 9.17) is 0 Å². The number of nitrogens with zero attached hydrogens (tertiary/aromatic N) is 1. The normalized spacial score (nSPS) is 9.61. The Morgan fingerprint density at radius 2 is 1.91 bits per heavy atom. The first-order valence-corrected chi connectivity index (χ1v) is 8.04. The molecule has 0 saturated heterocycles. The molecule has 23 heavy (non-hydrogen) atoms. The second kappa shape index (κ2) is 12.3. The quantitative estimate of drug-likeness (QED) is 0.697. The van der Waals surface area contributed by atoms with Crippen molar-refractivity contribution in [3.05, 3.63) is 52.0 Å². The van der Waals surface area contributed by atoms with Gasteiger partial charge in [-0.1, -0.05) is 30.3 Å². The molecule has 0 aliphatic carbocycles. The molecule has 0 saturated carbocycles. The smallest absolute Gasteiger partial charge is 0.226 e. The summed E-state index contributed by atoms with van der Waals surface area (Å²) in [5.74, 6) is 0.0441. The first kappa shape index (κ1) is 21.9. The van der Waals surface area contributed by atoms with Gasteiger partial charge in [0, 0.05) is 18.3 Å². The topological polar surface area (TPSA) is 54.0 Å². The highest BCUT2D eigenvalue weighted by molar-refractivity contribution is 7.09. The van der Waals surface area contributed by atoms with Gasteiger partial charge in [0.2, 0.25) is 5.91 Å². The van der Waals surface area contributed by atoms with Crippen molar-refractivity contribution >= 4 is 42.1 Å². The van der Waals surface area contributed by atoms with E-state index in [0.29, 0.717) is 13.0 Å². The molecule has 1 heterocycles. The van der Waals surface area contributed by atoms with E-state index in [2.05, 4.69) is 27.8 Å². The molecule has 0 atom stereocenters. The average molecular weight is 376 g/mol. The Hall–Kier alpha value is -1.14. The number of carbonyl (C=O) groups excluding carboxylic acids is 1. The van der Waals surface area contributed by atoms with E-state index in [9.17, 15) is 4.79 Å². The number of hydrogen-bond acceptors (Lipinski definition) is 4. The molecular formula is C16H23Cl2N3OS. The summed E-state index contributed by atoms with van der Waals surface area (Å²) in [4.78, 5) is 16.3. The number of nitrogens with one attached hydrogen (secondary N) is 2. The molecule has 7 heteroatoms. The number of carbonyl (C=O) groups is 1. The second-order valence-corrected chi connectivity index (χ2v) is 5.82. The lowest BCUT2D eigenvalue weighted by Gasteiger charge is -2.03. The number of amides is 1. The lowest BCUT2D eigenvalue weighted by Crippen LogP contribution is -2.28. The molecule has 128 valence electrons. The molecule has 2 N–H and O–H groups in total. The van der Waals surface area contributed by atoms with E-state index in [1.54, 1.807) is 11.3 Å². The van der Waals surface area contributed by atoms with Crippen molar-refractivity contribution in [2.75, 3.05) is 20.1 Å². The number of halogens is 2. The third kappa shape index (κ3) is 8.32. The van der Waals surface area contributed by atoms with Crippen molar-refractivity contribution in [2.24, 2.45) is 0 Å². The molecule has 0 fully saturated rings. The van der Waals surface area contributed by atoms with Crippen molar-refractivity contribution in [2.45, 2.75) is 19.3 Å². The standard InChI is InChI=1S/C16H21N3OS.2ClH/c1-17-8-5-9-18-15(20)11-14-12-21-16(19-14)10-13-6-3-2-4-7-13;;/h2-4,6-7,12,17H,5,8-11H2,1H3,(H,18,20);2*1H. The molecule has 0 spiro atoms. The van der Waals surface area contributed by atoms with Gasteiger partial charge in [-0.15, -0.1) is 36.2 Å². The van der Waals surface area contributed by atoms with E-state index in [1.807, 2.05) is 30.6 Å². The summed E-state index contributed by atoms with van der Waals surface area (Å²) < 4.78 is 0. The van der Waals surface area contributed by atoms with Gasteiger partial charge in [0.25, 0.3) is 0 Å². The molecule has 0 unspecified atom stereocenters. The minimum absolute atomic E-state index is 0. The fraction of sp³-hybridized carbons (Fsp3) is 0.375. The van der Waals surface area contributed by atoms with Crippen molar-refractivity contribution < 1.29 is 4.79 Å². The van der Waals surface area contributed by atoms with Crippen LogP contribution >= 0.6 is 36.2 Å². The Morgan fingerprint density at radius 3 is 2.61 bits per heavy atom. The Bertz CT molecular complexity index is 563. The number of aromatic nitrogens is 1. The van der Waals surface area contributed by atoms with Gasteiger partial charge in [-0.25, -0.2) is 4.98 Å².